The number of rotatable bonds is 5. The number of halogens is 4. The van der Waals surface area contributed by atoms with Crippen LogP contribution < -0.4 is 5.32 Å². The molecule has 1 aromatic heterocycles. The van der Waals surface area contributed by atoms with E-state index < -0.39 is 23.4 Å². The fourth-order valence-corrected chi connectivity index (χ4v) is 3.11. The van der Waals surface area contributed by atoms with Gasteiger partial charge in [-0.15, -0.1) is 0 Å². The van der Waals surface area contributed by atoms with E-state index in [0.717, 1.165) is 11.6 Å². The number of aromatic nitrogens is 2. The SMILES string of the molecule is C[C@H](Cc1cncc(Cl)n1)c1cccc(NC(=O)c2cc(O)cc(C(F)(F)F)c2)c1. The van der Waals surface area contributed by atoms with Gasteiger partial charge >= 0.3 is 6.18 Å². The van der Waals surface area contributed by atoms with Gasteiger partial charge in [0.1, 0.15) is 10.9 Å². The van der Waals surface area contributed by atoms with E-state index in [1.54, 1.807) is 24.4 Å². The molecule has 0 radical (unpaired) electrons. The molecule has 1 heterocycles. The third kappa shape index (κ3) is 5.48. The minimum Gasteiger partial charge on any atom is -0.508 e. The summed E-state index contributed by atoms with van der Waals surface area (Å²) in [4.78, 5) is 20.6. The van der Waals surface area contributed by atoms with Gasteiger partial charge in [-0.1, -0.05) is 30.7 Å². The lowest BCUT2D eigenvalue weighted by Gasteiger charge is -2.14. The van der Waals surface area contributed by atoms with Gasteiger partial charge in [0.15, 0.2) is 0 Å². The average Bonchev–Trinajstić information content (AvgIpc) is 2.67. The highest BCUT2D eigenvalue weighted by Gasteiger charge is 2.32. The Labute approximate surface area is 175 Å². The summed E-state index contributed by atoms with van der Waals surface area (Å²) in [7, 11) is 0. The number of nitrogens with zero attached hydrogens (tertiary/aromatic N) is 2. The normalized spacial score (nSPS) is 12.4. The Morgan fingerprint density at radius 3 is 2.67 bits per heavy atom. The second-order valence-corrected chi connectivity index (χ2v) is 7.17. The van der Waals surface area contributed by atoms with E-state index in [0.29, 0.717) is 35.1 Å². The molecule has 0 unspecified atom stereocenters. The van der Waals surface area contributed by atoms with Crippen LogP contribution in [0.25, 0.3) is 0 Å². The molecule has 0 saturated heterocycles. The van der Waals surface area contributed by atoms with E-state index in [1.165, 1.54) is 6.20 Å². The Morgan fingerprint density at radius 1 is 1.20 bits per heavy atom. The van der Waals surface area contributed by atoms with Crippen molar-refractivity contribution >= 4 is 23.2 Å². The van der Waals surface area contributed by atoms with Crippen molar-refractivity contribution in [2.75, 3.05) is 5.32 Å². The fraction of sp³-hybridized carbons (Fsp3) is 0.190. The van der Waals surface area contributed by atoms with E-state index in [4.69, 9.17) is 11.6 Å². The van der Waals surface area contributed by atoms with Gasteiger partial charge in [-0.25, -0.2) is 4.98 Å². The van der Waals surface area contributed by atoms with Crippen LogP contribution in [0.15, 0.2) is 54.9 Å². The number of carbonyl (C=O) groups excluding carboxylic acids is 1. The summed E-state index contributed by atoms with van der Waals surface area (Å²) < 4.78 is 38.8. The Kier molecular flexibility index (Phi) is 6.26. The first kappa shape index (κ1) is 21.6. The van der Waals surface area contributed by atoms with Crippen molar-refractivity contribution in [1.82, 2.24) is 9.97 Å². The quantitative estimate of drug-likeness (QED) is 0.558. The Balaban J connectivity index is 1.76. The first-order valence-electron chi connectivity index (χ1n) is 8.91. The van der Waals surface area contributed by atoms with Gasteiger partial charge in [-0.2, -0.15) is 13.2 Å². The molecule has 9 heteroatoms. The first-order valence-corrected chi connectivity index (χ1v) is 9.28. The summed E-state index contributed by atoms with van der Waals surface area (Å²) in [6, 6.07) is 9.20. The van der Waals surface area contributed by atoms with E-state index in [9.17, 15) is 23.1 Å². The van der Waals surface area contributed by atoms with Crippen molar-refractivity contribution in [3.8, 4) is 5.75 Å². The van der Waals surface area contributed by atoms with Gasteiger partial charge in [0, 0.05) is 17.4 Å². The summed E-state index contributed by atoms with van der Waals surface area (Å²) in [5, 5.41) is 12.4. The van der Waals surface area contributed by atoms with Crippen LogP contribution in [0.3, 0.4) is 0 Å². The van der Waals surface area contributed by atoms with Crippen molar-refractivity contribution in [3.05, 3.63) is 82.4 Å². The van der Waals surface area contributed by atoms with E-state index >= 15 is 0 Å². The molecule has 5 nitrogen and oxygen atoms in total. The van der Waals surface area contributed by atoms with Crippen molar-refractivity contribution in [2.45, 2.75) is 25.4 Å². The maximum atomic E-state index is 12.9. The van der Waals surface area contributed by atoms with Crippen LogP contribution in [-0.2, 0) is 12.6 Å². The molecule has 3 aromatic rings. The second-order valence-electron chi connectivity index (χ2n) is 6.78. The van der Waals surface area contributed by atoms with Gasteiger partial charge in [0.25, 0.3) is 5.91 Å². The number of hydrogen-bond donors (Lipinski definition) is 2. The maximum Gasteiger partial charge on any atom is 0.416 e. The molecular weight excluding hydrogens is 419 g/mol. The van der Waals surface area contributed by atoms with E-state index in [-0.39, 0.29) is 11.5 Å². The fourth-order valence-electron chi connectivity index (χ4n) is 2.94. The number of benzene rings is 2. The second kappa shape index (κ2) is 8.71. The van der Waals surface area contributed by atoms with Crippen LogP contribution in [0, 0.1) is 0 Å². The largest absolute Gasteiger partial charge is 0.508 e. The predicted octanol–water partition coefficient (Wildman–Crippen LogP) is 5.45. The van der Waals surface area contributed by atoms with E-state index in [1.807, 2.05) is 13.0 Å². The minimum atomic E-state index is -4.67. The van der Waals surface area contributed by atoms with Crippen LogP contribution in [0.1, 0.15) is 40.0 Å². The average molecular weight is 436 g/mol. The van der Waals surface area contributed by atoms with Gasteiger partial charge in [0.2, 0.25) is 0 Å². The number of nitrogens with one attached hydrogen (secondary N) is 1. The zero-order valence-corrected chi connectivity index (χ0v) is 16.5. The minimum absolute atomic E-state index is 0.0206. The lowest BCUT2D eigenvalue weighted by atomic mass is 9.96. The van der Waals surface area contributed by atoms with Gasteiger partial charge < -0.3 is 10.4 Å². The number of aromatic hydroxyl groups is 1. The molecule has 0 bridgehead atoms. The highest BCUT2D eigenvalue weighted by Crippen LogP contribution is 2.32. The molecule has 3 rings (SSSR count). The Bertz CT molecular complexity index is 1070. The number of anilines is 1. The van der Waals surface area contributed by atoms with Gasteiger partial charge in [-0.05, 0) is 48.2 Å². The van der Waals surface area contributed by atoms with Crippen molar-refractivity contribution in [3.63, 3.8) is 0 Å². The third-order valence-electron chi connectivity index (χ3n) is 4.39. The zero-order chi connectivity index (χ0) is 21.9. The maximum absolute atomic E-state index is 12.9. The predicted molar refractivity (Wildman–Crippen MR) is 107 cm³/mol. The standard InChI is InChI=1S/C21H17ClF3N3O2/c1-12(5-17-10-26-11-19(22)27-17)13-3-2-4-16(7-13)28-20(30)14-6-15(21(23,24)25)9-18(29)8-14/h2-4,6-12,29H,5H2,1H3,(H,28,30)/t12-/m1/s1. The third-order valence-corrected chi connectivity index (χ3v) is 4.57. The van der Waals surface area contributed by atoms with Crippen molar-refractivity contribution in [1.29, 1.82) is 0 Å². The molecule has 1 amide bonds. The molecule has 0 aliphatic heterocycles. The molecule has 30 heavy (non-hydrogen) atoms. The topological polar surface area (TPSA) is 75.1 Å². The van der Waals surface area contributed by atoms with Crippen molar-refractivity contribution < 1.29 is 23.1 Å². The number of amides is 1. The zero-order valence-electron chi connectivity index (χ0n) is 15.7. The van der Waals surface area contributed by atoms with E-state index in [2.05, 4.69) is 15.3 Å². The van der Waals surface area contributed by atoms with Gasteiger partial charge in [-0.3, -0.25) is 9.78 Å². The van der Waals surface area contributed by atoms with Crippen LogP contribution >= 0.6 is 11.6 Å². The molecule has 0 aliphatic rings. The lowest BCUT2D eigenvalue weighted by molar-refractivity contribution is -0.137. The highest BCUT2D eigenvalue weighted by atomic mass is 35.5. The van der Waals surface area contributed by atoms with Crippen LogP contribution in [0.5, 0.6) is 5.75 Å². The van der Waals surface area contributed by atoms with Crippen LogP contribution in [0.4, 0.5) is 18.9 Å². The summed E-state index contributed by atoms with van der Waals surface area (Å²) in [6.07, 6.45) is -1.05. The number of phenolic OH excluding ortho intramolecular Hbond substituents is 1. The molecule has 0 fully saturated rings. The molecular formula is C21H17ClF3N3O2. The number of hydrogen-bond acceptors (Lipinski definition) is 4. The Hall–Kier alpha value is -3.13. The smallest absolute Gasteiger partial charge is 0.416 e. The summed E-state index contributed by atoms with van der Waals surface area (Å²) in [5.74, 6) is -1.38. The number of carbonyl (C=O) groups is 1. The molecule has 0 aliphatic carbocycles. The molecule has 156 valence electrons. The number of phenols is 1. The molecule has 2 N–H and O–H groups in total. The first-order chi connectivity index (χ1) is 14.1. The van der Waals surface area contributed by atoms with Crippen molar-refractivity contribution in [2.24, 2.45) is 0 Å². The molecule has 0 saturated carbocycles. The number of alkyl halides is 3. The molecule has 0 spiro atoms. The van der Waals surface area contributed by atoms with Crippen LogP contribution in [0.2, 0.25) is 5.15 Å². The summed E-state index contributed by atoms with van der Waals surface area (Å²) in [5.41, 5.74) is 0.622. The molecule has 2 aromatic carbocycles. The summed E-state index contributed by atoms with van der Waals surface area (Å²) in [6.45, 7) is 1.97. The highest BCUT2D eigenvalue weighted by molar-refractivity contribution is 6.29. The van der Waals surface area contributed by atoms with Gasteiger partial charge in [0.05, 0.1) is 17.5 Å². The van der Waals surface area contributed by atoms with Crippen LogP contribution in [-0.4, -0.2) is 21.0 Å². The molecule has 1 atom stereocenters. The summed E-state index contributed by atoms with van der Waals surface area (Å²) >= 11 is 5.86. The lowest BCUT2D eigenvalue weighted by Crippen LogP contribution is -2.14. The monoisotopic (exact) mass is 435 g/mol. The Morgan fingerprint density at radius 2 is 1.97 bits per heavy atom.